The molecule has 3 rings (SSSR count). The van der Waals surface area contributed by atoms with Gasteiger partial charge in [0.2, 0.25) is 0 Å². The third kappa shape index (κ3) is 6.72. The molecule has 10 heteroatoms. The Kier molecular flexibility index (Phi) is 8.50. The number of fused-ring (bicyclic) bond motifs is 1. The van der Waals surface area contributed by atoms with Crippen molar-refractivity contribution in [2.45, 2.75) is 18.6 Å². The number of carbonyl (C=O) groups excluding carboxylic acids is 2. The maximum atomic E-state index is 13.4. The fourth-order valence-corrected chi connectivity index (χ4v) is 3.20. The molecule has 0 saturated heterocycles. The van der Waals surface area contributed by atoms with Crippen LogP contribution in [0.3, 0.4) is 0 Å². The molecule has 2 atom stereocenters. The number of pyridine rings is 1. The molecular formula is C24H22ClF2N3O4. The molecule has 0 aliphatic rings. The summed E-state index contributed by atoms with van der Waals surface area (Å²) in [5.41, 5.74) is 0.630. The smallest absolute Gasteiger partial charge is 0.269 e. The van der Waals surface area contributed by atoms with Crippen molar-refractivity contribution in [1.29, 1.82) is 0 Å². The van der Waals surface area contributed by atoms with E-state index in [9.17, 15) is 23.5 Å². The fraction of sp³-hybridized carbons (Fsp3) is 0.208. The van der Waals surface area contributed by atoms with Crippen molar-refractivity contribution in [2.24, 2.45) is 0 Å². The first-order valence-electron chi connectivity index (χ1n) is 10.3. The van der Waals surface area contributed by atoms with E-state index in [2.05, 4.69) is 22.2 Å². The van der Waals surface area contributed by atoms with E-state index in [-0.39, 0.29) is 29.4 Å². The van der Waals surface area contributed by atoms with Crippen LogP contribution in [0.5, 0.6) is 5.75 Å². The Morgan fingerprint density at radius 3 is 2.71 bits per heavy atom. The Hall–Kier alpha value is -3.56. The van der Waals surface area contributed by atoms with Gasteiger partial charge in [0.1, 0.15) is 23.1 Å². The third-order valence-corrected chi connectivity index (χ3v) is 5.17. The summed E-state index contributed by atoms with van der Waals surface area (Å²) in [5.74, 6) is -1.95. The summed E-state index contributed by atoms with van der Waals surface area (Å²) in [4.78, 5) is 28.7. The van der Waals surface area contributed by atoms with E-state index in [1.54, 1.807) is 6.07 Å². The van der Waals surface area contributed by atoms with Crippen LogP contribution in [0.25, 0.3) is 10.9 Å². The van der Waals surface area contributed by atoms with Gasteiger partial charge in [-0.25, -0.2) is 13.8 Å². The van der Waals surface area contributed by atoms with Gasteiger partial charge in [-0.05, 0) is 42.8 Å². The number of hydrogen-bond donors (Lipinski definition) is 3. The predicted molar refractivity (Wildman–Crippen MR) is 124 cm³/mol. The molecule has 178 valence electrons. The molecule has 7 nitrogen and oxygen atoms in total. The summed E-state index contributed by atoms with van der Waals surface area (Å²) in [6, 6.07) is 10.1. The number of aromatic nitrogens is 1. The number of aliphatic hydroxyl groups excluding tert-OH is 1. The Balaban J connectivity index is 1.45. The number of nitrogens with one attached hydrogen (secondary N) is 2. The van der Waals surface area contributed by atoms with Crippen molar-refractivity contribution in [3.8, 4) is 5.75 Å². The highest BCUT2D eigenvalue weighted by molar-refractivity contribution is 6.30. The van der Waals surface area contributed by atoms with Gasteiger partial charge >= 0.3 is 0 Å². The van der Waals surface area contributed by atoms with Gasteiger partial charge in [-0.15, -0.1) is 6.58 Å². The van der Waals surface area contributed by atoms with E-state index >= 15 is 0 Å². The minimum Gasteiger partial charge on any atom is -0.484 e. The van der Waals surface area contributed by atoms with Crippen LogP contribution in [0.2, 0.25) is 5.02 Å². The number of amides is 2. The lowest BCUT2D eigenvalue weighted by Crippen LogP contribution is -2.45. The summed E-state index contributed by atoms with van der Waals surface area (Å²) in [6.45, 7) is 3.29. The van der Waals surface area contributed by atoms with Gasteiger partial charge in [0.15, 0.2) is 6.61 Å². The highest BCUT2D eigenvalue weighted by Crippen LogP contribution is 2.20. The summed E-state index contributed by atoms with van der Waals surface area (Å²) in [6.07, 6.45) is 0.434. The Morgan fingerprint density at radius 2 is 1.97 bits per heavy atom. The summed E-state index contributed by atoms with van der Waals surface area (Å²) in [7, 11) is 0. The molecule has 1 heterocycles. The lowest BCUT2D eigenvalue weighted by atomic mass is 10.1. The molecule has 34 heavy (non-hydrogen) atoms. The monoisotopic (exact) mass is 489 g/mol. The molecule has 1 aromatic heterocycles. The molecule has 1 unspecified atom stereocenters. The van der Waals surface area contributed by atoms with Crippen molar-refractivity contribution in [1.82, 2.24) is 15.6 Å². The maximum Gasteiger partial charge on any atom is 0.269 e. The number of benzene rings is 2. The van der Waals surface area contributed by atoms with Crippen LogP contribution < -0.4 is 15.4 Å². The second-order valence-electron chi connectivity index (χ2n) is 7.34. The Morgan fingerprint density at radius 1 is 1.18 bits per heavy atom. The van der Waals surface area contributed by atoms with Gasteiger partial charge in [-0.2, -0.15) is 0 Å². The molecule has 0 fully saturated rings. The van der Waals surface area contributed by atoms with Crippen LogP contribution in [0.15, 0.2) is 61.2 Å². The van der Waals surface area contributed by atoms with Gasteiger partial charge in [-0.1, -0.05) is 23.7 Å². The standard InChI is InChI=1S/C24H22ClF2N3O4/c1-2-19(30-23(32)13-34-16-5-6-17(25)18(27)12-16)22(31)9-10-28-24(33)21-7-3-14-11-15(26)4-8-20(14)29-21/h2-8,11-12,19,22,31H,1,9-10,13H2,(H,28,33)(H,30,32)/t19?,22-/m0/s1. The average molecular weight is 490 g/mol. The zero-order valence-corrected chi connectivity index (χ0v) is 18.7. The first-order valence-corrected chi connectivity index (χ1v) is 10.7. The highest BCUT2D eigenvalue weighted by Gasteiger charge is 2.19. The normalized spacial score (nSPS) is 12.6. The molecule has 2 amide bonds. The van der Waals surface area contributed by atoms with Crippen LogP contribution in [-0.2, 0) is 4.79 Å². The van der Waals surface area contributed by atoms with Crippen molar-refractivity contribution >= 4 is 34.3 Å². The van der Waals surface area contributed by atoms with E-state index < -0.39 is 42.2 Å². The van der Waals surface area contributed by atoms with E-state index in [0.717, 1.165) is 6.07 Å². The minimum absolute atomic E-state index is 0.0643. The van der Waals surface area contributed by atoms with Gasteiger partial charge in [-0.3, -0.25) is 9.59 Å². The molecule has 3 aromatic rings. The Bertz CT molecular complexity index is 1210. The quantitative estimate of drug-likeness (QED) is 0.379. The summed E-state index contributed by atoms with van der Waals surface area (Å²) in [5, 5.41) is 16.1. The van der Waals surface area contributed by atoms with E-state index in [4.69, 9.17) is 16.3 Å². The molecule has 0 radical (unpaired) electrons. The molecule has 3 N–H and O–H groups in total. The number of rotatable bonds is 10. The zero-order valence-electron chi connectivity index (χ0n) is 17.9. The second-order valence-corrected chi connectivity index (χ2v) is 7.75. The Labute approximate surface area is 199 Å². The third-order valence-electron chi connectivity index (χ3n) is 4.87. The van der Waals surface area contributed by atoms with Crippen molar-refractivity contribution < 1.29 is 28.2 Å². The lowest BCUT2D eigenvalue weighted by Gasteiger charge is -2.21. The maximum absolute atomic E-state index is 13.4. The number of hydrogen-bond acceptors (Lipinski definition) is 5. The summed E-state index contributed by atoms with van der Waals surface area (Å²) < 4.78 is 31.9. The van der Waals surface area contributed by atoms with Gasteiger partial charge in [0.05, 0.1) is 22.7 Å². The molecule has 0 bridgehead atoms. The van der Waals surface area contributed by atoms with Crippen LogP contribution in [0.1, 0.15) is 16.9 Å². The molecular weight excluding hydrogens is 468 g/mol. The van der Waals surface area contributed by atoms with Crippen LogP contribution in [-0.4, -0.2) is 47.2 Å². The molecule has 0 aliphatic heterocycles. The molecule has 0 aliphatic carbocycles. The van der Waals surface area contributed by atoms with Crippen LogP contribution in [0.4, 0.5) is 8.78 Å². The number of carbonyl (C=O) groups is 2. The first-order chi connectivity index (χ1) is 16.3. The number of halogens is 3. The van der Waals surface area contributed by atoms with Gasteiger partial charge < -0.3 is 20.5 Å². The van der Waals surface area contributed by atoms with Gasteiger partial charge in [0, 0.05) is 18.0 Å². The zero-order chi connectivity index (χ0) is 24.7. The molecule has 0 saturated carbocycles. The van der Waals surface area contributed by atoms with E-state index in [1.165, 1.54) is 42.5 Å². The summed E-state index contributed by atoms with van der Waals surface area (Å²) >= 11 is 5.60. The van der Waals surface area contributed by atoms with E-state index in [0.29, 0.717) is 10.9 Å². The number of ether oxygens (including phenoxy) is 1. The molecule has 2 aromatic carbocycles. The number of aliphatic hydroxyl groups is 1. The topological polar surface area (TPSA) is 101 Å². The van der Waals surface area contributed by atoms with Crippen molar-refractivity contribution in [2.75, 3.05) is 13.2 Å². The largest absolute Gasteiger partial charge is 0.484 e. The van der Waals surface area contributed by atoms with E-state index in [1.807, 2.05) is 0 Å². The van der Waals surface area contributed by atoms with Crippen LogP contribution >= 0.6 is 11.6 Å². The van der Waals surface area contributed by atoms with Crippen LogP contribution in [0, 0.1) is 11.6 Å². The lowest BCUT2D eigenvalue weighted by molar-refractivity contribution is -0.124. The second kappa shape index (κ2) is 11.5. The van der Waals surface area contributed by atoms with Crippen molar-refractivity contribution in [3.05, 3.63) is 83.5 Å². The first kappa shape index (κ1) is 25.1. The minimum atomic E-state index is -1.04. The molecule has 0 spiro atoms. The number of nitrogens with zero attached hydrogens (tertiary/aromatic N) is 1. The predicted octanol–water partition coefficient (Wildman–Crippen LogP) is 3.40. The highest BCUT2D eigenvalue weighted by atomic mass is 35.5. The average Bonchev–Trinajstić information content (AvgIpc) is 2.82. The SMILES string of the molecule is C=CC(NC(=O)COc1ccc(Cl)c(F)c1)[C@@H](O)CCNC(=O)c1ccc2cc(F)ccc2n1. The van der Waals surface area contributed by atoms with Crippen molar-refractivity contribution in [3.63, 3.8) is 0 Å². The fourth-order valence-electron chi connectivity index (χ4n) is 3.08. The van der Waals surface area contributed by atoms with Gasteiger partial charge in [0.25, 0.3) is 11.8 Å².